The van der Waals surface area contributed by atoms with Crippen LogP contribution in [-0.2, 0) is 19.1 Å². The topological polar surface area (TPSA) is 131 Å². The number of carbonyl (C=O) groups excluding carboxylic acids is 4. The molecule has 0 aliphatic heterocycles. The van der Waals surface area contributed by atoms with Gasteiger partial charge in [0.15, 0.2) is 0 Å². The molecule has 200 valence electrons. The van der Waals surface area contributed by atoms with Gasteiger partial charge in [0, 0.05) is 19.0 Å². The Balaban J connectivity index is 2.46. The zero-order valence-corrected chi connectivity index (χ0v) is 22.3. The Bertz CT molecular complexity index is 923. The molecule has 2 rings (SSSR count). The summed E-state index contributed by atoms with van der Waals surface area (Å²) in [5.41, 5.74) is 6.22. The highest BCUT2D eigenvalue weighted by Crippen LogP contribution is 2.35. The molecule has 1 fully saturated rings. The summed E-state index contributed by atoms with van der Waals surface area (Å²) in [4.78, 5) is 53.4. The van der Waals surface area contributed by atoms with Crippen molar-refractivity contribution in [2.75, 3.05) is 6.54 Å². The third-order valence-corrected chi connectivity index (χ3v) is 6.23. The van der Waals surface area contributed by atoms with Gasteiger partial charge in [0.1, 0.15) is 17.7 Å². The first-order chi connectivity index (χ1) is 16.9. The van der Waals surface area contributed by atoms with Crippen molar-refractivity contribution in [2.45, 2.75) is 103 Å². The first-order valence-corrected chi connectivity index (χ1v) is 12.9. The van der Waals surface area contributed by atoms with Gasteiger partial charge in [-0.3, -0.25) is 14.4 Å². The Morgan fingerprint density at radius 2 is 1.83 bits per heavy atom. The number of rotatable bonds is 12. The summed E-state index contributed by atoms with van der Waals surface area (Å²) in [7, 11) is 0. The van der Waals surface area contributed by atoms with Gasteiger partial charge >= 0.3 is 6.09 Å². The predicted molar refractivity (Wildman–Crippen MR) is 138 cm³/mol. The van der Waals surface area contributed by atoms with Gasteiger partial charge in [0.25, 0.3) is 0 Å². The minimum atomic E-state index is -1.07. The number of alkyl carbamates (subject to hydrolysis) is 1. The van der Waals surface area contributed by atoms with Gasteiger partial charge in [-0.2, -0.15) is 0 Å². The molecule has 0 heterocycles. The third-order valence-electron chi connectivity index (χ3n) is 6.23. The van der Waals surface area contributed by atoms with Crippen molar-refractivity contribution in [1.82, 2.24) is 15.5 Å². The van der Waals surface area contributed by atoms with E-state index in [1.807, 2.05) is 38.1 Å². The maximum atomic E-state index is 14.1. The van der Waals surface area contributed by atoms with Crippen molar-refractivity contribution in [3.8, 4) is 0 Å². The number of hydrogen-bond donors (Lipinski definition) is 3. The molecule has 4 amide bonds. The smallest absolute Gasteiger partial charge is 0.408 e. The molecule has 2 unspecified atom stereocenters. The van der Waals surface area contributed by atoms with E-state index in [2.05, 4.69) is 10.6 Å². The van der Waals surface area contributed by atoms with Gasteiger partial charge in [0.05, 0.1) is 0 Å². The molecule has 4 N–H and O–H groups in total. The van der Waals surface area contributed by atoms with E-state index in [1.165, 1.54) is 0 Å². The second-order valence-electron chi connectivity index (χ2n) is 10.4. The molecule has 9 nitrogen and oxygen atoms in total. The summed E-state index contributed by atoms with van der Waals surface area (Å²) in [6.07, 6.45) is 3.35. The molecule has 0 bridgehead atoms. The Kier molecular flexibility index (Phi) is 10.7. The number of carbonyl (C=O) groups is 4. The zero-order valence-electron chi connectivity index (χ0n) is 22.3. The maximum Gasteiger partial charge on any atom is 0.408 e. The number of unbranched alkanes of at least 4 members (excludes halogenated alkanes) is 1. The standard InChI is InChI=1S/C27H42N4O5/c1-6-7-17-29-24(33)23(20-14-9-8-11-18(20)2)31(19-12-10-13-19)25(34)21(15-16-22(28)32)30-26(35)36-27(3,4)5/h8-9,11,14,19,21,23H,6-7,10,12-13,15-17H2,1-5H3,(H2,28,32)(H,29,33)(H,30,35). The Morgan fingerprint density at radius 3 is 2.36 bits per heavy atom. The average molecular weight is 503 g/mol. The van der Waals surface area contributed by atoms with Crippen molar-refractivity contribution in [2.24, 2.45) is 5.73 Å². The number of nitrogens with two attached hydrogens (primary N) is 1. The van der Waals surface area contributed by atoms with Crippen molar-refractivity contribution >= 4 is 23.8 Å². The predicted octanol–water partition coefficient (Wildman–Crippen LogP) is 3.49. The van der Waals surface area contributed by atoms with E-state index < -0.39 is 35.6 Å². The van der Waals surface area contributed by atoms with Crippen LogP contribution in [0.4, 0.5) is 4.79 Å². The van der Waals surface area contributed by atoms with Crippen LogP contribution in [-0.4, -0.2) is 52.9 Å². The van der Waals surface area contributed by atoms with Gasteiger partial charge in [-0.25, -0.2) is 4.79 Å². The number of aryl methyl sites for hydroxylation is 1. The second-order valence-corrected chi connectivity index (χ2v) is 10.4. The molecule has 1 aromatic rings. The molecule has 9 heteroatoms. The van der Waals surface area contributed by atoms with Crippen LogP contribution in [0.25, 0.3) is 0 Å². The molecule has 0 radical (unpaired) electrons. The highest BCUT2D eigenvalue weighted by atomic mass is 16.6. The maximum absolute atomic E-state index is 14.1. The van der Waals surface area contributed by atoms with E-state index in [4.69, 9.17) is 10.5 Å². The molecule has 0 spiro atoms. The van der Waals surface area contributed by atoms with Gasteiger partial charge in [-0.15, -0.1) is 0 Å². The molecule has 36 heavy (non-hydrogen) atoms. The first kappa shape index (κ1) is 29.1. The van der Waals surface area contributed by atoms with Gasteiger partial charge in [-0.1, -0.05) is 37.6 Å². The number of primary amides is 1. The summed E-state index contributed by atoms with van der Waals surface area (Å²) in [6, 6.07) is 5.42. The number of amides is 4. The molecule has 2 atom stereocenters. The molecule has 0 aromatic heterocycles. The lowest BCUT2D eigenvalue weighted by Gasteiger charge is -2.44. The summed E-state index contributed by atoms with van der Waals surface area (Å²) < 4.78 is 5.37. The first-order valence-electron chi connectivity index (χ1n) is 12.9. The minimum absolute atomic E-state index is 0.00851. The third kappa shape index (κ3) is 8.53. The fourth-order valence-corrected chi connectivity index (χ4v) is 4.15. The Morgan fingerprint density at radius 1 is 1.17 bits per heavy atom. The van der Waals surface area contributed by atoms with E-state index in [1.54, 1.807) is 25.7 Å². The second kappa shape index (κ2) is 13.3. The largest absolute Gasteiger partial charge is 0.444 e. The van der Waals surface area contributed by atoms with Crippen LogP contribution in [0.3, 0.4) is 0 Å². The molecular weight excluding hydrogens is 460 g/mol. The van der Waals surface area contributed by atoms with Crippen LogP contribution in [0.15, 0.2) is 24.3 Å². The lowest BCUT2D eigenvalue weighted by molar-refractivity contribution is -0.147. The van der Waals surface area contributed by atoms with E-state index in [9.17, 15) is 19.2 Å². The van der Waals surface area contributed by atoms with E-state index in [0.29, 0.717) is 6.54 Å². The van der Waals surface area contributed by atoms with Gasteiger partial charge < -0.3 is 26.0 Å². The zero-order chi connectivity index (χ0) is 26.9. The van der Waals surface area contributed by atoms with E-state index >= 15 is 0 Å². The monoisotopic (exact) mass is 502 g/mol. The summed E-state index contributed by atoms with van der Waals surface area (Å²) in [5.74, 6) is -1.27. The van der Waals surface area contributed by atoms with Crippen LogP contribution in [0.1, 0.15) is 89.8 Å². The Hall–Kier alpha value is -3.10. The van der Waals surface area contributed by atoms with E-state index in [0.717, 1.165) is 43.2 Å². The lowest BCUT2D eigenvalue weighted by Crippen LogP contribution is -2.57. The van der Waals surface area contributed by atoms with Crippen molar-refractivity contribution in [1.29, 1.82) is 0 Å². The molecular formula is C27H42N4O5. The molecule has 1 saturated carbocycles. The van der Waals surface area contributed by atoms with Crippen LogP contribution in [0.5, 0.6) is 0 Å². The van der Waals surface area contributed by atoms with Crippen LogP contribution < -0.4 is 16.4 Å². The molecule has 1 aromatic carbocycles. The van der Waals surface area contributed by atoms with Crippen molar-refractivity contribution in [3.05, 3.63) is 35.4 Å². The Labute approximate surface area is 214 Å². The molecule has 1 aliphatic carbocycles. The van der Waals surface area contributed by atoms with Crippen LogP contribution in [0.2, 0.25) is 0 Å². The van der Waals surface area contributed by atoms with Crippen LogP contribution in [0, 0.1) is 6.92 Å². The number of nitrogens with zero attached hydrogens (tertiary/aromatic N) is 1. The lowest BCUT2D eigenvalue weighted by atomic mass is 9.87. The quantitative estimate of drug-likeness (QED) is 0.377. The fraction of sp³-hybridized carbons (Fsp3) is 0.630. The van der Waals surface area contributed by atoms with Crippen molar-refractivity contribution in [3.63, 3.8) is 0 Å². The number of benzene rings is 1. The van der Waals surface area contributed by atoms with Gasteiger partial charge in [-0.05, 0) is 70.9 Å². The van der Waals surface area contributed by atoms with Gasteiger partial charge in [0.2, 0.25) is 17.7 Å². The SMILES string of the molecule is CCCCNC(=O)C(c1ccccc1C)N(C(=O)C(CCC(N)=O)NC(=O)OC(C)(C)C)C1CCC1. The summed E-state index contributed by atoms with van der Waals surface area (Å²) >= 11 is 0. The van der Waals surface area contributed by atoms with E-state index in [-0.39, 0.29) is 24.8 Å². The highest BCUT2D eigenvalue weighted by molar-refractivity contribution is 5.93. The molecule has 1 aliphatic rings. The molecule has 0 saturated heterocycles. The summed E-state index contributed by atoms with van der Waals surface area (Å²) in [6.45, 7) is 9.63. The van der Waals surface area contributed by atoms with Crippen molar-refractivity contribution < 1.29 is 23.9 Å². The average Bonchev–Trinajstić information content (AvgIpc) is 2.74. The minimum Gasteiger partial charge on any atom is -0.444 e. The van der Waals surface area contributed by atoms with Crippen LogP contribution >= 0.6 is 0 Å². The number of ether oxygens (including phenoxy) is 1. The normalized spacial score (nSPS) is 15.2. The number of hydrogen-bond acceptors (Lipinski definition) is 5. The number of nitrogens with one attached hydrogen (secondary N) is 2. The fourth-order valence-electron chi connectivity index (χ4n) is 4.15. The highest BCUT2D eigenvalue weighted by Gasteiger charge is 2.42. The summed E-state index contributed by atoms with van der Waals surface area (Å²) in [5, 5.41) is 5.62.